The number of para-hydroxylation sites is 1. The number of anilines is 1. The van der Waals surface area contributed by atoms with Crippen molar-refractivity contribution in [2.75, 3.05) is 23.9 Å². The number of aromatic hydroxyl groups is 1. The Hall–Kier alpha value is -2.87. The molecule has 7 nitrogen and oxygen atoms in total. The van der Waals surface area contributed by atoms with Crippen LogP contribution in [-0.4, -0.2) is 55.5 Å². The van der Waals surface area contributed by atoms with Gasteiger partial charge in [-0.2, -0.15) is 0 Å². The van der Waals surface area contributed by atoms with E-state index < -0.39 is 15.3 Å². The van der Waals surface area contributed by atoms with Gasteiger partial charge in [-0.1, -0.05) is 18.2 Å². The monoisotopic (exact) mass is 386 g/mol. The van der Waals surface area contributed by atoms with Crippen LogP contribution in [0.1, 0.15) is 26.3 Å². The zero-order valence-corrected chi connectivity index (χ0v) is 15.2. The molecule has 2 aliphatic rings. The molecule has 0 unspecified atom stereocenters. The number of sulfonamides is 1. The first-order chi connectivity index (χ1) is 12.9. The molecule has 2 aromatic rings. The zero-order valence-electron chi connectivity index (χ0n) is 14.4. The molecule has 27 heavy (non-hydrogen) atoms. The maximum absolute atomic E-state index is 12.9. The Bertz CT molecular complexity index is 1030. The minimum Gasteiger partial charge on any atom is -0.507 e. The van der Waals surface area contributed by atoms with Crippen molar-refractivity contribution in [3.05, 3.63) is 59.2 Å². The SMILES string of the molecule is O=Cc1cc(C(=O)N2CC(S(=O)(=O)N3CCc4ccccc43)C2)ccc1O. The zero-order chi connectivity index (χ0) is 19.2. The molecule has 0 bridgehead atoms. The number of likely N-dealkylation sites (tertiary alicyclic amines) is 1. The molecular formula is C19H18N2O5S. The van der Waals surface area contributed by atoms with Crippen LogP contribution in [0.25, 0.3) is 0 Å². The predicted octanol–water partition coefficient (Wildman–Crippen LogP) is 1.42. The predicted molar refractivity (Wildman–Crippen MR) is 99.6 cm³/mol. The maximum Gasteiger partial charge on any atom is 0.253 e. The standard InChI is InChI=1S/C19H18N2O5S/c22-12-15-9-14(5-6-18(15)23)19(24)20-10-16(11-20)27(25,26)21-8-7-13-3-1-2-4-17(13)21/h1-6,9,12,16,23H,7-8,10-11H2. The fraction of sp³-hybridized carbons (Fsp3) is 0.263. The molecular weight excluding hydrogens is 368 g/mol. The van der Waals surface area contributed by atoms with E-state index in [2.05, 4.69) is 0 Å². The Balaban J connectivity index is 1.48. The van der Waals surface area contributed by atoms with E-state index in [0.29, 0.717) is 19.3 Å². The summed E-state index contributed by atoms with van der Waals surface area (Å²) >= 11 is 0. The van der Waals surface area contributed by atoms with Crippen molar-refractivity contribution >= 4 is 27.9 Å². The van der Waals surface area contributed by atoms with Crippen LogP contribution in [-0.2, 0) is 16.4 Å². The Morgan fingerprint density at radius 1 is 1.15 bits per heavy atom. The summed E-state index contributed by atoms with van der Waals surface area (Å²) < 4.78 is 27.3. The molecule has 1 amide bonds. The van der Waals surface area contributed by atoms with E-state index in [1.54, 1.807) is 6.07 Å². The maximum atomic E-state index is 12.9. The number of rotatable bonds is 4. The van der Waals surface area contributed by atoms with Gasteiger partial charge in [0.05, 0.1) is 11.3 Å². The van der Waals surface area contributed by atoms with E-state index in [9.17, 15) is 23.1 Å². The number of phenolic OH excluding ortho intramolecular Hbond substituents is 1. The minimum atomic E-state index is -3.54. The van der Waals surface area contributed by atoms with E-state index in [0.717, 1.165) is 11.3 Å². The van der Waals surface area contributed by atoms with Crippen molar-refractivity contribution in [3.8, 4) is 5.75 Å². The third-order valence-corrected chi connectivity index (χ3v) is 7.24. The molecule has 2 aromatic carbocycles. The lowest BCUT2D eigenvalue weighted by atomic mass is 10.1. The number of fused-ring (bicyclic) bond motifs is 1. The summed E-state index contributed by atoms with van der Waals surface area (Å²) in [7, 11) is -3.54. The number of carbonyl (C=O) groups excluding carboxylic acids is 2. The molecule has 2 aliphatic heterocycles. The molecule has 0 spiro atoms. The highest BCUT2D eigenvalue weighted by Crippen LogP contribution is 2.33. The van der Waals surface area contributed by atoms with Crippen molar-refractivity contribution in [3.63, 3.8) is 0 Å². The van der Waals surface area contributed by atoms with Crippen molar-refractivity contribution in [1.82, 2.24) is 4.90 Å². The fourth-order valence-electron chi connectivity index (χ4n) is 3.51. The van der Waals surface area contributed by atoms with Gasteiger partial charge in [-0.25, -0.2) is 8.42 Å². The van der Waals surface area contributed by atoms with Crippen LogP contribution in [0.4, 0.5) is 5.69 Å². The van der Waals surface area contributed by atoms with E-state index in [-0.39, 0.29) is 35.9 Å². The molecule has 8 heteroatoms. The summed E-state index contributed by atoms with van der Waals surface area (Å²) in [6.45, 7) is 0.640. The van der Waals surface area contributed by atoms with Crippen molar-refractivity contribution in [1.29, 1.82) is 0 Å². The first-order valence-corrected chi connectivity index (χ1v) is 10.1. The van der Waals surface area contributed by atoms with Crippen LogP contribution in [0, 0.1) is 0 Å². The largest absolute Gasteiger partial charge is 0.507 e. The average Bonchev–Trinajstić information content (AvgIpc) is 3.05. The molecule has 140 valence electrons. The molecule has 0 saturated carbocycles. The second-order valence-corrected chi connectivity index (χ2v) is 8.86. The van der Waals surface area contributed by atoms with Gasteiger partial charge in [0.2, 0.25) is 10.0 Å². The van der Waals surface area contributed by atoms with E-state index in [4.69, 9.17) is 0 Å². The molecule has 1 N–H and O–H groups in total. The van der Waals surface area contributed by atoms with Crippen LogP contribution >= 0.6 is 0 Å². The summed E-state index contributed by atoms with van der Waals surface area (Å²) in [4.78, 5) is 24.9. The van der Waals surface area contributed by atoms with Gasteiger partial charge in [0.25, 0.3) is 5.91 Å². The molecule has 1 fully saturated rings. The summed E-state index contributed by atoms with van der Waals surface area (Å²) in [5, 5.41) is 8.89. The van der Waals surface area contributed by atoms with Crippen LogP contribution < -0.4 is 4.31 Å². The second-order valence-electron chi connectivity index (χ2n) is 6.72. The lowest BCUT2D eigenvalue weighted by Crippen LogP contribution is -2.59. The third kappa shape index (κ3) is 2.86. The van der Waals surface area contributed by atoms with Gasteiger partial charge in [0, 0.05) is 25.2 Å². The van der Waals surface area contributed by atoms with Crippen molar-refractivity contribution < 1.29 is 23.1 Å². The Kier molecular flexibility index (Phi) is 4.15. The van der Waals surface area contributed by atoms with Crippen LogP contribution in [0.2, 0.25) is 0 Å². The smallest absolute Gasteiger partial charge is 0.253 e. The molecule has 0 aromatic heterocycles. The summed E-state index contributed by atoms with van der Waals surface area (Å²) in [5.74, 6) is -0.551. The van der Waals surface area contributed by atoms with Gasteiger partial charge in [-0.05, 0) is 36.2 Å². The number of benzene rings is 2. The highest BCUT2D eigenvalue weighted by Gasteiger charge is 2.44. The van der Waals surface area contributed by atoms with Crippen molar-refractivity contribution in [2.24, 2.45) is 0 Å². The molecule has 4 rings (SSSR count). The third-order valence-electron chi connectivity index (χ3n) is 5.11. The van der Waals surface area contributed by atoms with Crippen LogP contribution in [0.5, 0.6) is 5.75 Å². The number of phenols is 1. The minimum absolute atomic E-state index is 0.0271. The van der Waals surface area contributed by atoms with E-state index in [1.807, 2.05) is 18.2 Å². The van der Waals surface area contributed by atoms with Gasteiger partial charge in [-0.15, -0.1) is 0 Å². The quantitative estimate of drug-likeness (QED) is 0.802. The average molecular weight is 386 g/mol. The van der Waals surface area contributed by atoms with Gasteiger partial charge in [0.15, 0.2) is 6.29 Å². The van der Waals surface area contributed by atoms with Gasteiger partial charge < -0.3 is 10.0 Å². The van der Waals surface area contributed by atoms with E-state index >= 15 is 0 Å². The van der Waals surface area contributed by atoms with Crippen LogP contribution in [0.15, 0.2) is 42.5 Å². The second kappa shape index (κ2) is 6.38. The molecule has 0 radical (unpaired) electrons. The first kappa shape index (κ1) is 17.5. The van der Waals surface area contributed by atoms with Gasteiger partial charge >= 0.3 is 0 Å². The Morgan fingerprint density at radius 2 is 1.89 bits per heavy atom. The van der Waals surface area contributed by atoms with Gasteiger partial charge in [-0.3, -0.25) is 13.9 Å². The number of carbonyl (C=O) groups is 2. The highest BCUT2D eigenvalue weighted by molar-refractivity contribution is 7.93. The molecule has 2 heterocycles. The summed E-state index contributed by atoms with van der Waals surface area (Å²) in [6, 6.07) is 11.5. The van der Waals surface area contributed by atoms with Crippen molar-refractivity contribution in [2.45, 2.75) is 11.7 Å². The number of hydrogen-bond acceptors (Lipinski definition) is 5. The first-order valence-electron chi connectivity index (χ1n) is 8.59. The highest BCUT2D eigenvalue weighted by atomic mass is 32.2. The summed E-state index contributed by atoms with van der Waals surface area (Å²) in [5.41, 5.74) is 2.01. The number of aldehydes is 1. The Labute approximate surface area is 156 Å². The number of hydrogen-bond donors (Lipinski definition) is 1. The molecule has 0 aliphatic carbocycles. The van der Waals surface area contributed by atoms with Crippen LogP contribution in [0.3, 0.4) is 0 Å². The lowest BCUT2D eigenvalue weighted by Gasteiger charge is -2.40. The van der Waals surface area contributed by atoms with Gasteiger partial charge in [0.1, 0.15) is 11.0 Å². The Morgan fingerprint density at radius 3 is 2.63 bits per heavy atom. The lowest BCUT2D eigenvalue weighted by molar-refractivity contribution is 0.0658. The topological polar surface area (TPSA) is 95.0 Å². The fourth-order valence-corrected chi connectivity index (χ4v) is 5.40. The normalized spacial score (nSPS) is 16.7. The molecule has 1 saturated heterocycles. The summed E-state index contributed by atoms with van der Waals surface area (Å²) in [6.07, 6.45) is 1.16. The molecule has 0 atom stereocenters. The van der Waals surface area contributed by atoms with E-state index in [1.165, 1.54) is 27.4 Å². The number of amides is 1. The number of nitrogens with zero attached hydrogens (tertiary/aromatic N) is 2.